The highest BCUT2D eigenvalue weighted by molar-refractivity contribution is 5.97. The molecule has 34 heavy (non-hydrogen) atoms. The molecule has 0 aliphatic heterocycles. The lowest BCUT2D eigenvalue weighted by Gasteiger charge is -2.24. The molecule has 3 rings (SSSR count). The van der Waals surface area contributed by atoms with E-state index in [0.717, 1.165) is 10.7 Å². The van der Waals surface area contributed by atoms with Gasteiger partial charge >= 0.3 is 12.3 Å². The zero-order valence-electron chi connectivity index (χ0n) is 19.2. The van der Waals surface area contributed by atoms with Gasteiger partial charge in [-0.05, 0) is 52.0 Å². The molecule has 0 bridgehead atoms. The Hall–Kier alpha value is -3.83. The molecule has 1 N–H and O–H groups in total. The van der Waals surface area contributed by atoms with Crippen LogP contribution >= 0.6 is 0 Å². The van der Waals surface area contributed by atoms with Crippen LogP contribution in [0.25, 0.3) is 17.3 Å². The van der Waals surface area contributed by atoms with E-state index in [1.807, 2.05) is 0 Å². The van der Waals surface area contributed by atoms with Gasteiger partial charge in [-0.3, -0.25) is 9.69 Å². The van der Waals surface area contributed by atoms with Crippen LogP contribution in [0, 0.1) is 0 Å². The monoisotopic (exact) mass is 479 g/mol. The summed E-state index contributed by atoms with van der Waals surface area (Å²) in [4.78, 5) is 30.3. The second kappa shape index (κ2) is 9.20. The SMILES string of the molecule is C[C@H](NC(=O)OC(C)(C)C)C(=O)N(C)c1cccc(-n2nc(C(F)(F)F)cc2-c2ccco2)n1. The fraction of sp³-hybridized carbons (Fsp3) is 0.364. The summed E-state index contributed by atoms with van der Waals surface area (Å²) in [5.41, 5.74) is -1.82. The van der Waals surface area contributed by atoms with Crippen LogP contribution in [0.3, 0.4) is 0 Å². The minimum Gasteiger partial charge on any atom is -0.463 e. The molecule has 0 unspecified atom stereocenters. The number of alkyl halides is 3. The summed E-state index contributed by atoms with van der Waals surface area (Å²) >= 11 is 0. The molecule has 3 heterocycles. The summed E-state index contributed by atoms with van der Waals surface area (Å²) in [6.45, 7) is 6.55. The maximum atomic E-state index is 13.3. The summed E-state index contributed by atoms with van der Waals surface area (Å²) < 4.78 is 51.4. The van der Waals surface area contributed by atoms with Crippen LogP contribution in [-0.4, -0.2) is 45.5 Å². The summed E-state index contributed by atoms with van der Waals surface area (Å²) in [6, 6.07) is 7.41. The molecule has 0 aromatic carbocycles. The normalized spacial score (nSPS) is 12.8. The third-order valence-corrected chi connectivity index (χ3v) is 4.49. The molecule has 0 saturated carbocycles. The second-order valence-corrected chi connectivity index (χ2v) is 8.42. The Morgan fingerprint density at radius 3 is 2.47 bits per heavy atom. The first-order chi connectivity index (χ1) is 15.8. The number of carbonyl (C=O) groups is 2. The molecular weight excluding hydrogens is 455 g/mol. The number of pyridine rings is 1. The minimum absolute atomic E-state index is 0.0341. The molecule has 0 radical (unpaired) electrons. The third-order valence-electron chi connectivity index (χ3n) is 4.49. The average Bonchev–Trinajstić information content (AvgIpc) is 3.40. The van der Waals surface area contributed by atoms with Gasteiger partial charge in [0.15, 0.2) is 17.3 Å². The van der Waals surface area contributed by atoms with E-state index in [9.17, 15) is 22.8 Å². The average molecular weight is 479 g/mol. The lowest BCUT2D eigenvalue weighted by atomic mass is 10.2. The number of alkyl carbamates (subject to hydrolysis) is 1. The van der Waals surface area contributed by atoms with Crippen molar-refractivity contribution in [2.75, 3.05) is 11.9 Å². The number of furan rings is 1. The summed E-state index contributed by atoms with van der Waals surface area (Å²) in [7, 11) is 1.43. The molecule has 0 aliphatic rings. The Balaban J connectivity index is 1.88. The number of ether oxygens (including phenoxy) is 1. The van der Waals surface area contributed by atoms with Crippen molar-refractivity contribution >= 4 is 17.8 Å². The number of aromatic nitrogens is 3. The number of anilines is 1. The highest BCUT2D eigenvalue weighted by atomic mass is 19.4. The molecule has 9 nitrogen and oxygen atoms in total. The molecule has 1 atom stereocenters. The van der Waals surface area contributed by atoms with Gasteiger partial charge in [0.1, 0.15) is 23.2 Å². The van der Waals surface area contributed by atoms with Crippen LogP contribution in [0.1, 0.15) is 33.4 Å². The quantitative estimate of drug-likeness (QED) is 0.581. The summed E-state index contributed by atoms with van der Waals surface area (Å²) in [5, 5.41) is 6.10. The molecule has 0 saturated heterocycles. The van der Waals surface area contributed by atoms with Crippen molar-refractivity contribution < 1.29 is 31.9 Å². The van der Waals surface area contributed by atoms with E-state index < -0.39 is 35.5 Å². The van der Waals surface area contributed by atoms with Gasteiger partial charge in [-0.25, -0.2) is 14.5 Å². The number of hydrogen-bond acceptors (Lipinski definition) is 6. The zero-order valence-corrected chi connectivity index (χ0v) is 19.2. The molecule has 2 amide bonds. The highest BCUT2D eigenvalue weighted by Gasteiger charge is 2.36. The maximum absolute atomic E-state index is 13.3. The van der Waals surface area contributed by atoms with E-state index >= 15 is 0 Å². The van der Waals surface area contributed by atoms with Crippen molar-refractivity contribution in [3.05, 3.63) is 48.4 Å². The standard InChI is InChI=1S/C22H24F3N5O4/c1-13(26-20(32)34-21(2,3)4)19(31)29(5)17-9-6-10-18(27-17)30-14(15-8-7-11-33-15)12-16(28-30)22(23,24)25/h6-13H,1-5H3,(H,26,32)/t13-/m0/s1. The summed E-state index contributed by atoms with van der Waals surface area (Å²) in [5.74, 6) is -0.186. The van der Waals surface area contributed by atoms with Gasteiger partial charge in [0.2, 0.25) is 5.91 Å². The van der Waals surface area contributed by atoms with Crippen LogP contribution < -0.4 is 10.2 Å². The minimum atomic E-state index is -4.68. The van der Waals surface area contributed by atoms with Crippen LogP contribution in [0.2, 0.25) is 0 Å². The lowest BCUT2D eigenvalue weighted by molar-refractivity contribution is -0.141. The van der Waals surface area contributed by atoms with Crippen LogP contribution in [0.4, 0.5) is 23.8 Å². The topological polar surface area (TPSA) is 102 Å². The van der Waals surface area contributed by atoms with E-state index in [2.05, 4.69) is 15.4 Å². The Labute approximate surface area is 193 Å². The van der Waals surface area contributed by atoms with Crippen molar-refractivity contribution in [1.82, 2.24) is 20.1 Å². The second-order valence-electron chi connectivity index (χ2n) is 8.42. The van der Waals surface area contributed by atoms with Gasteiger partial charge in [0.05, 0.1) is 6.26 Å². The Bertz CT molecular complexity index is 1170. The molecule has 3 aromatic heterocycles. The number of rotatable bonds is 5. The largest absolute Gasteiger partial charge is 0.463 e. The summed E-state index contributed by atoms with van der Waals surface area (Å²) in [6.07, 6.45) is -4.11. The molecule has 12 heteroatoms. The zero-order chi connectivity index (χ0) is 25.3. The number of halogens is 3. The van der Waals surface area contributed by atoms with Crippen LogP contribution in [-0.2, 0) is 15.7 Å². The number of hydrogen-bond donors (Lipinski definition) is 1. The number of nitrogens with zero attached hydrogens (tertiary/aromatic N) is 4. The fourth-order valence-electron chi connectivity index (χ4n) is 2.96. The molecule has 0 fully saturated rings. The lowest BCUT2D eigenvalue weighted by Crippen LogP contribution is -2.47. The van der Waals surface area contributed by atoms with Gasteiger partial charge in [0.25, 0.3) is 0 Å². The van der Waals surface area contributed by atoms with Gasteiger partial charge in [-0.2, -0.15) is 18.3 Å². The van der Waals surface area contributed by atoms with Crippen molar-refractivity contribution in [2.45, 2.75) is 45.5 Å². The molecular formula is C22H24F3N5O4. The Morgan fingerprint density at radius 2 is 1.88 bits per heavy atom. The highest BCUT2D eigenvalue weighted by Crippen LogP contribution is 2.33. The van der Waals surface area contributed by atoms with E-state index in [1.54, 1.807) is 20.8 Å². The smallest absolute Gasteiger partial charge is 0.435 e. The Kier molecular flexibility index (Phi) is 6.71. The molecule has 0 aliphatic carbocycles. The number of carbonyl (C=O) groups excluding carboxylic acids is 2. The van der Waals surface area contributed by atoms with E-state index in [-0.39, 0.29) is 23.1 Å². The first-order valence-electron chi connectivity index (χ1n) is 10.2. The third kappa shape index (κ3) is 5.74. The van der Waals surface area contributed by atoms with Crippen molar-refractivity contribution in [3.8, 4) is 17.3 Å². The van der Waals surface area contributed by atoms with Gasteiger partial charge in [0, 0.05) is 13.1 Å². The van der Waals surface area contributed by atoms with Crippen molar-refractivity contribution in [1.29, 1.82) is 0 Å². The van der Waals surface area contributed by atoms with Crippen molar-refractivity contribution in [3.63, 3.8) is 0 Å². The van der Waals surface area contributed by atoms with Gasteiger partial charge in [-0.1, -0.05) is 6.07 Å². The predicted molar refractivity (Wildman–Crippen MR) is 116 cm³/mol. The van der Waals surface area contributed by atoms with Gasteiger partial charge < -0.3 is 14.5 Å². The Morgan fingerprint density at radius 1 is 1.18 bits per heavy atom. The number of amides is 2. The number of likely N-dealkylation sites (N-methyl/N-ethyl adjacent to an activating group) is 1. The predicted octanol–water partition coefficient (Wildman–Crippen LogP) is 4.42. The fourth-order valence-corrected chi connectivity index (χ4v) is 2.96. The van der Waals surface area contributed by atoms with E-state index in [1.165, 1.54) is 55.5 Å². The maximum Gasteiger partial charge on any atom is 0.435 e. The molecule has 0 spiro atoms. The van der Waals surface area contributed by atoms with E-state index in [0.29, 0.717) is 0 Å². The van der Waals surface area contributed by atoms with Crippen molar-refractivity contribution in [2.24, 2.45) is 0 Å². The van der Waals surface area contributed by atoms with Crippen LogP contribution in [0.5, 0.6) is 0 Å². The van der Waals surface area contributed by atoms with Crippen LogP contribution in [0.15, 0.2) is 47.1 Å². The van der Waals surface area contributed by atoms with E-state index in [4.69, 9.17) is 9.15 Å². The molecule has 182 valence electrons. The first-order valence-corrected chi connectivity index (χ1v) is 10.2. The van der Waals surface area contributed by atoms with Gasteiger partial charge in [-0.15, -0.1) is 0 Å². The first kappa shape index (κ1) is 24.8. The molecule has 3 aromatic rings. The number of nitrogens with one attached hydrogen (secondary N) is 1.